The Bertz CT molecular complexity index is 1130. The second-order valence-electron chi connectivity index (χ2n) is 9.36. The lowest BCUT2D eigenvalue weighted by Gasteiger charge is -2.26. The minimum absolute atomic E-state index is 0.0231. The summed E-state index contributed by atoms with van der Waals surface area (Å²) in [5.74, 6) is -3.59. The molecule has 2 aromatic carbocycles. The van der Waals surface area contributed by atoms with Crippen molar-refractivity contribution in [3.63, 3.8) is 0 Å². The maximum absolute atomic E-state index is 13.3. The van der Waals surface area contributed by atoms with Gasteiger partial charge in [0.2, 0.25) is 17.7 Å². The van der Waals surface area contributed by atoms with Gasteiger partial charge in [0.1, 0.15) is 29.6 Å². The van der Waals surface area contributed by atoms with Crippen molar-refractivity contribution in [3.05, 3.63) is 59.7 Å². The van der Waals surface area contributed by atoms with Gasteiger partial charge in [-0.1, -0.05) is 44.5 Å². The van der Waals surface area contributed by atoms with Crippen LogP contribution in [0.1, 0.15) is 31.4 Å². The number of nitrogens with two attached hydrogens (primary N) is 1. The van der Waals surface area contributed by atoms with Crippen LogP contribution in [0.5, 0.6) is 11.5 Å². The number of aromatic hydroxyl groups is 2. The van der Waals surface area contributed by atoms with E-state index in [4.69, 9.17) is 5.73 Å². The third-order valence-electron chi connectivity index (χ3n) is 6.33. The largest absolute Gasteiger partial charge is 0.508 e. The molecule has 12 heteroatoms. The molecule has 0 radical (unpaired) electrons. The average molecular weight is 561 g/mol. The highest BCUT2D eigenvalue weighted by Gasteiger charge is 2.31. The van der Waals surface area contributed by atoms with Crippen LogP contribution in [0.4, 0.5) is 0 Å². The highest BCUT2D eigenvalue weighted by Crippen LogP contribution is 2.14. The van der Waals surface area contributed by atoms with Crippen LogP contribution in [0.2, 0.25) is 0 Å². The lowest BCUT2D eigenvalue weighted by Crippen LogP contribution is -2.58. The molecule has 0 aliphatic carbocycles. The number of rotatable bonds is 14. The molecule has 0 heterocycles. The molecular weight excluding hydrogens is 524 g/mol. The first-order chi connectivity index (χ1) is 18.4. The van der Waals surface area contributed by atoms with Crippen molar-refractivity contribution >= 4 is 36.3 Å². The van der Waals surface area contributed by atoms with E-state index in [-0.39, 0.29) is 36.0 Å². The molecule has 0 spiro atoms. The van der Waals surface area contributed by atoms with Gasteiger partial charge in [-0.05, 0) is 47.7 Å². The van der Waals surface area contributed by atoms with Gasteiger partial charge < -0.3 is 37.0 Å². The number of nitrogens with one attached hydrogen (secondary N) is 3. The van der Waals surface area contributed by atoms with Crippen molar-refractivity contribution in [2.24, 2.45) is 11.7 Å². The minimum atomic E-state index is -1.19. The SMILES string of the molecule is CCC(C)C(NC(=O)C(CS)NC(=O)C(Cc1ccc(O)cc1)NC(=O)C(N)Cc1ccc(O)cc1)C(=O)O. The summed E-state index contributed by atoms with van der Waals surface area (Å²) in [6.07, 6.45) is 0.684. The lowest BCUT2D eigenvalue weighted by molar-refractivity contribution is -0.143. The van der Waals surface area contributed by atoms with Crippen LogP contribution in [-0.4, -0.2) is 68.9 Å². The molecule has 8 N–H and O–H groups in total. The Morgan fingerprint density at radius 1 is 0.795 bits per heavy atom. The summed E-state index contributed by atoms with van der Waals surface area (Å²) in [5, 5.41) is 36.1. The van der Waals surface area contributed by atoms with Crippen LogP contribution in [0.3, 0.4) is 0 Å². The summed E-state index contributed by atoms with van der Waals surface area (Å²) in [6.45, 7) is 3.49. The van der Waals surface area contributed by atoms with E-state index >= 15 is 0 Å². The maximum atomic E-state index is 13.3. The molecule has 0 aromatic heterocycles. The maximum Gasteiger partial charge on any atom is 0.326 e. The Kier molecular flexibility index (Phi) is 12.1. The first-order valence-corrected chi connectivity index (χ1v) is 13.1. The molecule has 11 nitrogen and oxygen atoms in total. The van der Waals surface area contributed by atoms with Crippen LogP contribution in [0, 0.1) is 5.92 Å². The molecule has 0 aliphatic rings. The Labute approximate surface area is 232 Å². The van der Waals surface area contributed by atoms with E-state index in [1.54, 1.807) is 38.1 Å². The van der Waals surface area contributed by atoms with Crippen molar-refractivity contribution in [2.45, 2.75) is 57.3 Å². The molecule has 3 amide bonds. The quantitative estimate of drug-likeness (QED) is 0.155. The molecule has 0 bridgehead atoms. The predicted molar refractivity (Wildman–Crippen MR) is 148 cm³/mol. The summed E-state index contributed by atoms with van der Waals surface area (Å²) in [7, 11) is 0. The van der Waals surface area contributed by atoms with Gasteiger partial charge >= 0.3 is 5.97 Å². The number of phenolic OH excluding ortho intramolecular Hbond substituents is 2. The van der Waals surface area contributed by atoms with Crippen molar-refractivity contribution < 1.29 is 34.5 Å². The number of carboxylic acids is 1. The van der Waals surface area contributed by atoms with Gasteiger partial charge in [-0.15, -0.1) is 0 Å². The summed E-state index contributed by atoms with van der Waals surface area (Å²) in [5.41, 5.74) is 7.40. The summed E-state index contributed by atoms with van der Waals surface area (Å²) in [6, 6.07) is 7.78. The predicted octanol–water partition coefficient (Wildman–Crippen LogP) is 0.725. The van der Waals surface area contributed by atoms with Crippen LogP contribution in [0.15, 0.2) is 48.5 Å². The molecule has 0 aliphatic heterocycles. The molecule has 0 saturated carbocycles. The zero-order valence-electron chi connectivity index (χ0n) is 21.8. The van der Waals surface area contributed by atoms with Gasteiger partial charge in [0, 0.05) is 12.2 Å². The normalized spacial score (nSPS) is 14.8. The summed E-state index contributed by atoms with van der Waals surface area (Å²) < 4.78 is 0. The van der Waals surface area contributed by atoms with E-state index in [1.807, 2.05) is 0 Å². The number of aliphatic carboxylic acids is 1. The standard InChI is InChI=1S/C27H36N4O7S/c1-3-15(2)23(27(37)38)31-26(36)22(14-39)30-25(35)21(13-17-6-10-19(33)11-7-17)29-24(34)20(28)12-16-4-8-18(32)9-5-16/h4-11,15,20-23,32-33,39H,3,12-14,28H2,1-2H3,(H,29,34)(H,30,35)(H,31,36)(H,37,38). The molecule has 39 heavy (non-hydrogen) atoms. The first-order valence-electron chi connectivity index (χ1n) is 12.5. The Morgan fingerprint density at radius 3 is 1.72 bits per heavy atom. The number of carboxylic acid groups (broad SMARTS) is 1. The molecule has 5 unspecified atom stereocenters. The van der Waals surface area contributed by atoms with Crippen LogP contribution < -0.4 is 21.7 Å². The van der Waals surface area contributed by atoms with Gasteiger partial charge in [-0.25, -0.2) is 4.79 Å². The number of phenols is 2. The Balaban J connectivity index is 2.18. The van der Waals surface area contributed by atoms with Crippen LogP contribution in [0.25, 0.3) is 0 Å². The van der Waals surface area contributed by atoms with Crippen molar-refractivity contribution in [2.75, 3.05) is 5.75 Å². The number of thiol groups is 1. The second kappa shape index (κ2) is 15.0. The van der Waals surface area contributed by atoms with Crippen LogP contribution in [-0.2, 0) is 32.0 Å². The van der Waals surface area contributed by atoms with E-state index in [1.165, 1.54) is 24.3 Å². The van der Waals surface area contributed by atoms with Crippen molar-refractivity contribution in [1.29, 1.82) is 0 Å². The number of carbonyl (C=O) groups is 4. The third kappa shape index (κ3) is 9.80. The topological polar surface area (TPSA) is 191 Å². The first kappa shape index (κ1) is 31.4. The smallest absolute Gasteiger partial charge is 0.326 e. The molecule has 212 valence electrons. The monoisotopic (exact) mass is 560 g/mol. The fourth-order valence-corrected chi connectivity index (χ4v) is 3.99. The van der Waals surface area contributed by atoms with E-state index < -0.39 is 47.9 Å². The highest BCUT2D eigenvalue weighted by molar-refractivity contribution is 7.80. The van der Waals surface area contributed by atoms with E-state index in [2.05, 4.69) is 28.6 Å². The van der Waals surface area contributed by atoms with Crippen molar-refractivity contribution in [3.8, 4) is 11.5 Å². The van der Waals surface area contributed by atoms with Gasteiger partial charge in [-0.3, -0.25) is 14.4 Å². The van der Waals surface area contributed by atoms with Gasteiger partial charge in [-0.2, -0.15) is 12.6 Å². The summed E-state index contributed by atoms with van der Waals surface area (Å²) >= 11 is 4.15. The van der Waals surface area contributed by atoms with E-state index in [9.17, 15) is 34.5 Å². The minimum Gasteiger partial charge on any atom is -0.508 e. The summed E-state index contributed by atoms with van der Waals surface area (Å²) in [4.78, 5) is 50.7. The average Bonchev–Trinajstić information content (AvgIpc) is 2.91. The third-order valence-corrected chi connectivity index (χ3v) is 6.70. The van der Waals surface area contributed by atoms with Crippen molar-refractivity contribution in [1.82, 2.24) is 16.0 Å². The highest BCUT2D eigenvalue weighted by atomic mass is 32.1. The van der Waals surface area contributed by atoms with Gasteiger partial charge in [0.05, 0.1) is 6.04 Å². The molecule has 2 aromatic rings. The second-order valence-corrected chi connectivity index (χ2v) is 9.73. The van der Waals surface area contributed by atoms with E-state index in [0.29, 0.717) is 17.5 Å². The molecule has 0 saturated heterocycles. The Hall–Kier alpha value is -3.77. The van der Waals surface area contributed by atoms with Gasteiger partial charge in [0.15, 0.2) is 0 Å². The zero-order valence-corrected chi connectivity index (χ0v) is 22.7. The number of hydrogen-bond donors (Lipinski definition) is 8. The van der Waals surface area contributed by atoms with Gasteiger partial charge in [0.25, 0.3) is 0 Å². The number of hydrogen-bond acceptors (Lipinski definition) is 8. The molecular formula is C27H36N4O7S. The lowest BCUT2D eigenvalue weighted by atomic mass is 9.99. The number of carbonyl (C=O) groups excluding carboxylic acids is 3. The van der Waals surface area contributed by atoms with E-state index in [0.717, 1.165) is 0 Å². The fourth-order valence-electron chi connectivity index (χ4n) is 3.74. The molecule has 0 fully saturated rings. The fraction of sp³-hybridized carbons (Fsp3) is 0.407. The molecule has 2 rings (SSSR count). The number of benzene rings is 2. The van der Waals surface area contributed by atoms with Crippen LogP contribution >= 0.6 is 12.6 Å². The molecule has 5 atom stereocenters. The Morgan fingerprint density at radius 2 is 1.26 bits per heavy atom. The zero-order chi connectivity index (χ0) is 29.1. The number of amides is 3.